The van der Waals surface area contributed by atoms with Crippen molar-refractivity contribution >= 4 is 52.6 Å². The second-order valence-electron chi connectivity index (χ2n) is 4.61. The fourth-order valence-electron chi connectivity index (χ4n) is 2.09. The first-order chi connectivity index (χ1) is 10.6. The van der Waals surface area contributed by atoms with Crippen LogP contribution in [0.1, 0.15) is 10.1 Å². The van der Waals surface area contributed by atoms with Crippen LogP contribution in [-0.2, 0) is 0 Å². The maximum atomic E-state index is 11.4. The van der Waals surface area contributed by atoms with E-state index in [-0.39, 0.29) is 10.6 Å². The van der Waals surface area contributed by atoms with Gasteiger partial charge < -0.3 is 0 Å². The molecule has 2 aromatic rings. The van der Waals surface area contributed by atoms with E-state index in [0.29, 0.717) is 14.5 Å². The molecule has 3 nitrogen and oxygen atoms in total. The van der Waals surface area contributed by atoms with E-state index in [1.807, 2.05) is 47.8 Å². The quantitative estimate of drug-likeness (QED) is 0.497. The molecule has 0 aromatic heterocycles. The summed E-state index contributed by atoms with van der Waals surface area (Å²) in [5, 5.41) is 12.0. The molecule has 0 saturated carbocycles. The molecule has 2 aromatic carbocycles. The molecule has 0 atom stereocenters. The largest absolute Gasteiger partial charge is 0.283 e. The normalized spacial score (nSPS) is 15.1. The van der Waals surface area contributed by atoms with E-state index < -0.39 is 0 Å². The molecule has 0 unspecified atom stereocenters. The van der Waals surface area contributed by atoms with E-state index in [9.17, 15) is 10.1 Å². The van der Waals surface area contributed by atoms with Crippen LogP contribution < -0.4 is 0 Å². The van der Waals surface area contributed by atoms with Crippen LogP contribution in [0.4, 0.5) is 5.69 Å². The molecule has 0 radical (unpaired) electrons. The third-order valence-corrected chi connectivity index (χ3v) is 7.54. The molecule has 0 amide bonds. The van der Waals surface area contributed by atoms with Crippen LogP contribution in [0.15, 0.2) is 52.3 Å². The molecule has 0 aliphatic carbocycles. The summed E-state index contributed by atoms with van der Waals surface area (Å²) < 4.78 is 0.313. The number of rotatable bonds is 4. The van der Waals surface area contributed by atoms with Gasteiger partial charge in [0.25, 0.3) is 5.69 Å². The zero-order chi connectivity index (χ0) is 15.5. The van der Waals surface area contributed by atoms with Gasteiger partial charge in [0.1, 0.15) is 0 Å². The highest BCUT2D eigenvalue weighted by molar-refractivity contribution is 8.19. The Labute approximate surface area is 146 Å². The number of hydrogen-bond acceptors (Lipinski definition) is 5. The molecule has 1 aliphatic heterocycles. The SMILES string of the molecule is O=[N+]([O-])c1cc(C2SCCS2)ccc1Sc1ccc(Cl)cc1. The second kappa shape index (κ2) is 7.17. The van der Waals surface area contributed by atoms with E-state index in [4.69, 9.17) is 11.6 Å². The molecular weight excluding hydrogens is 358 g/mol. The van der Waals surface area contributed by atoms with Crippen molar-refractivity contribution in [2.24, 2.45) is 0 Å². The van der Waals surface area contributed by atoms with Crippen molar-refractivity contribution in [1.29, 1.82) is 0 Å². The van der Waals surface area contributed by atoms with Gasteiger partial charge in [-0.3, -0.25) is 10.1 Å². The maximum Gasteiger partial charge on any atom is 0.283 e. The minimum absolute atomic E-state index is 0.172. The van der Waals surface area contributed by atoms with Crippen molar-refractivity contribution in [1.82, 2.24) is 0 Å². The van der Waals surface area contributed by atoms with E-state index in [1.54, 1.807) is 18.2 Å². The Morgan fingerprint density at radius 3 is 2.45 bits per heavy atom. The average molecular weight is 370 g/mol. The lowest BCUT2D eigenvalue weighted by Crippen LogP contribution is -1.94. The first-order valence-corrected chi connectivity index (χ1v) is 9.87. The lowest BCUT2D eigenvalue weighted by molar-refractivity contribution is -0.387. The Balaban J connectivity index is 1.89. The van der Waals surface area contributed by atoms with Crippen molar-refractivity contribution in [3.63, 3.8) is 0 Å². The van der Waals surface area contributed by atoms with Crippen LogP contribution in [0.25, 0.3) is 0 Å². The molecule has 1 fully saturated rings. The van der Waals surface area contributed by atoms with Crippen molar-refractivity contribution in [3.05, 3.63) is 63.2 Å². The molecule has 0 N–H and O–H groups in total. The van der Waals surface area contributed by atoms with Crippen molar-refractivity contribution in [2.75, 3.05) is 11.5 Å². The Morgan fingerprint density at radius 2 is 1.82 bits per heavy atom. The third kappa shape index (κ3) is 3.74. The molecule has 1 saturated heterocycles. The van der Waals surface area contributed by atoms with Crippen molar-refractivity contribution in [3.8, 4) is 0 Å². The van der Waals surface area contributed by atoms with Crippen LogP contribution in [-0.4, -0.2) is 16.4 Å². The predicted molar refractivity (Wildman–Crippen MR) is 96.3 cm³/mol. The minimum atomic E-state index is -0.300. The summed E-state index contributed by atoms with van der Waals surface area (Å²) >= 11 is 10.9. The predicted octanol–water partition coefficient (Wildman–Crippen LogP) is 5.88. The van der Waals surface area contributed by atoms with Crippen LogP contribution >= 0.6 is 46.9 Å². The van der Waals surface area contributed by atoms with Gasteiger partial charge in [0.05, 0.1) is 14.4 Å². The highest BCUT2D eigenvalue weighted by Crippen LogP contribution is 2.47. The number of nitro benzene ring substituents is 1. The van der Waals surface area contributed by atoms with Crippen LogP contribution in [0.5, 0.6) is 0 Å². The Bertz CT molecular complexity index is 688. The van der Waals surface area contributed by atoms with Crippen LogP contribution in [0.3, 0.4) is 0 Å². The molecule has 7 heteroatoms. The first-order valence-electron chi connectivity index (χ1n) is 6.58. The molecule has 0 bridgehead atoms. The number of nitro groups is 1. The summed E-state index contributed by atoms with van der Waals surface area (Å²) in [6.45, 7) is 0. The smallest absolute Gasteiger partial charge is 0.258 e. The molecule has 0 spiro atoms. The molecule has 3 rings (SSSR count). The molecule has 22 heavy (non-hydrogen) atoms. The van der Waals surface area contributed by atoms with Gasteiger partial charge in [-0.05, 0) is 35.9 Å². The highest BCUT2D eigenvalue weighted by Gasteiger charge is 2.23. The van der Waals surface area contributed by atoms with Gasteiger partial charge in [0, 0.05) is 27.5 Å². The standard InChI is InChI=1S/C15H12ClNO2S3/c16-11-2-4-12(5-3-11)22-14-6-1-10(9-13(14)17(18)19)15-20-7-8-21-15/h1-6,9,15H,7-8H2. The lowest BCUT2D eigenvalue weighted by atomic mass is 10.2. The highest BCUT2D eigenvalue weighted by atomic mass is 35.5. The van der Waals surface area contributed by atoms with Crippen LogP contribution in [0, 0.1) is 10.1 Å². The fourth-order valence-corrected chi connectivity index (χ4v) is 5.95. The number of nitrogens with zero attached hydrogens (tertiary/aromatic N) is 1. The Hall–Kier alpha value is -0.820. The molecule has 1 heterocycles. The summed E-state index contributed by atoms with van der Waals surface area (Å²) in [4.78, 5) is 12.7. The summed E-state index contributed by atoms with van der Waals surface area (Å²) in [5.41, 5.74) is 1.20. The monoisotopic (exact) mass is 369 g/mol. The number of halogens is 1. The zero-order valence-electron chi connectivity index (χ0n) is 11.4. The summed E-state index contributed by atoms with van der Waals surface area (Å²) in [7, 11) is 0. The van der Waals surface area contributed by atoms with E-state index >= 15 is 0 Å². The maximum absolute atomic E-state index is 11.4. The van der Waals surface area contributed by atoms with Gasteiger partial charge in [-0.2, -0.15) is 0 Å². The number of benzene rings is 2. The number of hydrogen-bond donors (Lipinski definition) is 0. The minimum Gasteiger partial charge on any atom is -0.258 e. The molecule has 114 valence electrons. The van der Waals surface area contributed by atoms with Crippen molar-refractivity contribution in [2.45, 2.75) is 14.4 Å². The summed E-state index contributed by atoms with van der Waals surface area (Å²) in [6, 6.07) is 12.9. The van der Waals surface area contributed by atoms with Crippen molar-refractivity contribution < 1.29 is 4.92 Å². The topological polar surface area (TPSA) is 43.1 Å². The molecular formula is C15H12ClNO2S3. The van der Waals surface area contributed by atoms with Gasteiger partial charge in [-0.1, -0.05) is 29.4 Å². The van der Waals surface area contributed by atoms with Gasteiger partial charge >= 0.3 is 0 Å². The Kier molecular flexibility index (Phi) is 5.23. The van der Waals surface area contributed by atoms with E-state index in [0.717, 1.165) is 22.0 Å². The second-order valence-corrected chi connectivity index (χ2v) is 8.89. The summed E-state index contributed by atoms with van der Waals surface area (Å²) in [6.07, 6.45) is 0. The van der Waals surface area contributed by atoms with Gasteiger partial charge in [0.15, 0.2) is 0 Å². The van der Waals surface area contributed by atoms with Gasteiger partial charge in [0.2, 0.25) is 0 Å². The zero-order valence-corrected chi connectivity index (χ0v) is 14.6. The lowest BCUT2D eigenvalue weighted by Gasteiger charge is -2.10. The third-order valence-electron chi connectivity index (χ3n) is 3.12. The van der Waals surface area contributed by atoms with Gasteiger partial charge in [-0.25, -0.2) is 0 Å². The van der Waals surface area contributed by atoms with Crippen LogP contribution in [0.2, 0.25) is 5.02 Å². The van der Waals surface area contributed by atoms with E-state index in [1.165, 1.54) is 11.8 Å². The molecule has 1 aliphatic rings. The average Bonchev–Trinajstić information content (AvgIpc) is 3.04. The number of thioether (sulfide) groups is 2. The first kappa shape index (κ1) is 16.1. The van der Waals surface area contributed by atoms with E-state index in [2.05, 4.69) is 0 Å². The van der Waals surface area contributed by atoms with Gasteiger partial charge in [-0.15, -0.1) is 23.5 Å². The Morgan fingerprint density at radius 1 is 1.14 bits per heavy atom. The summed E-state index contributed by atoms with van der Waals surface area (Å²) in [5.74, 6) is 2.20. The fraction of sp³-hybridized carbons (Fsp3) is 0.200.